The van der Waals surface area contributed by atoms with E-state index in [1.165, 1.54) is 12.1 Å². The Morgan fingerprint density at radius 3 is 1.58 bits per heavy atom. The molecule has 0 radical (unpaired) electrons. The molecule has 0 heterocycles. The molecular formula is C28H26N2O3. The van der Waals surface area contributed by atoms with Gasteiger partial charge in [0, 0.05) is 23.9 Å². The summed E-state index contributed by atoms with van der Waals surface area (Å²) in [6, 6.07) is 37.1. The maximum absolute atomic E-state index is 10.9. The van der Waals surface area contributed by atoms with Crippen molar-refractivity contribution in [1.29, 1.82) is 0 Å². The summed E-state index contributed by atoms with van der Waals surface area (Å²) in [4.78, 5) is 10.5. The normalized spacial score (nSPS) is 12.2. The van der Waals surface area contributed by atoms with Crippen molar-refractivity contribution in [3.05, 3.63) is 142 Å². The lowest BCUT2D eigenvalue weighted by atomic mass is 9.80. The van der Waals surface area contributed by atoms with E-state index < -0.39 is 10.5 Å². The lowest BCUT2D eigenvalue weighted by Crippen LogP contribution is -2.36. The minimum Gasteiger partial charge on any atom is -0.380 e. The van der Waals surface area contributed by atoms with E-state index in [1.807, 2.05) is 61.5 Å². The van der Waals surface area contributed by atoms with E-state index in [0.29, 0.717) is 6.61 Å². The third-order valence-electron chi connectivity index (χ3n) is 5.58. The minimum absolute atomic E-state index is 0.0398. The second kappa shape index (κ2) is 10.1. The van der Waals surface area contributed by atoms with E-state index in [0.717, 1.165) is 22.4 Å². The molecule has 0 bridgehead atoms. The summed E-state index contributed by atoms with van der Waals surface area (Å²) >= 11 is 0. The van der Waals surface area contributed by atoms with Gasteiger partial charge < -0.3 is 10.1 Å². The van der Waals surface area contributed by atoms with Gasteiger partial charge in [0.1, 0.15) is 5.60 Å². The summed E-state index contributed by atoms with van der Waals surface area (Å²) < 4.78 is 6.81. The van der Waals surface area contributed by atoms with E-state index in [-0.39, 0.29) is 11.7 Å². The first-order chi connectivity index (χ1) is 16.1. The molecule has 0 spiro atoms. The summed E-state index contributed by atoms with van der Waals surface area (Å²) in [5.41, 5.74) is 3.23. The quantitative estimate of drug-likeness (QED) is 0.186. The minimum atomic E-state index is -0.783. The molecule has 4 aromatic rings. The van der Waals surface area contributed by atoms with Crippen LogP contribution in [0.2, 0.25) is 0 Å². The summed E-state index contributed by atoms with van der Waals surface area (Å²) in [5, 5.41) is 14.3. The van der Waals surface area contributed by atoms with Gasteiger partial charge in [-0.2, -0.15) is 0 Å². The Balaban J connectivity index is 1.66. The predicted molar refractivity (Wildman–Crippen MR) is 131 cm³/mol. The van der Waals surface area contributed by atoms with Gasteiger partial charge in [0.05, 0.1) is 11.5 Å². The van der Waals surface area contributed by atoms with Crippen molar-refractivity contribution in [3.63, 3.8) is 0 Å². The topological polar surface area (TPSA) is 64.4 Å². The van der Waals surface area contributed by atoms with Gasteiger partial charge in [-0.05, 0) is 35.7 Å². The number of hydrogen-bond donors (Lipinski definition) is 1. The van der Waals surface area contributed by atoms with Gasteiger partial charge >= 0.3 is 0 Å². The Bertz CT molecular complexity index is 1070. The van der Waals surface area contributed by atoms with Crippen molar-refractivity contribution >= 4 is 11.4 Å². The average molecular weight is 439 g/mol. The fraction of sp³-hybridized carbons (Fsp3) is 0.143. The Hall–Kier alpha value is -3.96. The van der Waals surface area contributed by atoms with Crippen LogP contribution in [0.25, 0.3) is 0 Å². The summed E-state index contributed by atoms with van der Waals surface area (Å²) in [5.74, 6) is 0. The molecule has 0 amide bonds. The Morgan fingerprint density at radius 1 is 0.758 bits per heavy atom. The zero-order valence-electron chi connectivity index (χ0n) is 18.4. The SMILES string of the molecule is CC(COC(c1ccccc1)(c1ccccc1)c1ccccc1)Nc1ccc([N+](=O)[O-])cc1. The fourth-order valence-corrected chi connectivity index (χ4v) is 4.02. The van der Waals surface area contributed by atoms with E-state index in [4.69, 9.17) is 4.74 Å². The van der Waals surface area contributed by atoms with Crippen molar-refractivity contribution in [3.8, 4) is 0 Å². The van der Waals surface area contributed by atoms with Gasteiger partial charge in [0.2, 0.25) is 0 Å². The van der Waals surface area contributed by atoms with Crippen LogP contribution in [0.5, 0.6) is 0 Å². The number of ether oxygens (including phenoxy) is 1. The van der Waals surface area contributed by atoms with Crippen LogP contribution in [-0.4, -0.2) is 17.6 Å². The number of benzene rings is 4. The number of nitro groups is 1. The molecule has 166 valence electrons. The number of nitrogens with one attached hydrogen (secondary N) is 1. The van der Waals surface area contributed by atoms with E-state index in [9.17, 15) is 10.1 Å². The molecule has 0 saturated heterocycles. The van der Waals surface area contributed by atoms with Crippen molar-refractivity contribution in [2.45, 2.75) is 18.6 Å². The highest BCUT2D eigenvalue weighted by atomic mass is 16.6. The number of nitrogens with zero attached hydrogens (tertiary/aromatic N) is 1. The molecule has 33 heavy (non-hydrogen) atoms. The maximum Gasteiger partial charge on any atom is 0.269 e. The largest absolute Gasteiger partial charge is 0.380 e. The van der Waals surface area contributed by atoms with Crippen LogP contribution in [0.4, 0.5) is 11.4 Å². The molecule has 1 atom stereocenters. The van der Waals surface area contributed by atoms with Gasteiger partial charge in [0.15, 0.2) is 0 Å². The Kier molecular flexibility index (Phi) is 6.81. The van der Waals surface area contributed by atoms with Crippen LogP contribution in [0.15, 0.2) is 115 Å². The third kappa shape index (κ3) is 4.94. The van der Waals surface area contributed by atoms with Crippen LogP contribution in [0, 0.1) is 10.1 Å². The predicted octanol–water partition coefficient (Wildman–Crippen LogP) is 6.40. The molecule has 0 aliphatic rings. The van der Waals surface area contributed by atoms with Crippen LogP contribution in [0.1, 0.15) is 23.6 Å². The first-order valence-electron chi connectivity index (χ1n) is 10.9. The zero-order valence-corrected chi connectivity index (χ0v) is 18.4. The van der Waals surface area contributed by atoms with Crippen LogP contribution < -0.4 is 5.32 Å². The molecule has 4 aromatic carbocycles. The summed E-state index contributed by atoms with van der Waals surface area (Å²) in [7, 11) is 0. The van der Waals surface area contributed by atoms with Crippen molar-refractivity contribution in [1.82, 2.24) is 0 Å². The third-order valence-corrected chi connectivity index (χ3v) is 5.58. The lowest BCUT2D eigenvalue weighted by molar-refractivity contribution is -0.384. The van der Waals surface area contributed by atoms with Crippen molar-refractivity contribution in [2.75, 3.05) is 11.9 Å². The average Bonchev–Trinajstić information content (AvgIpc) is 2.87. The number of anilines is 1. The number of hydrogen-bond acceptors (Lipinski definition) is 4. The smallest absolute Gasteiger partial charge is 0.269 e. The molecule has 1 N–H and O–H groups in total. The molecule has 0 aliphatic carbocycles. The van der Waals surface area contributed by atoms with Crippen LogP contribution in [0.3, 0.4) is 0 Å². The molecule has 0 fully saturated rings. The molecule has 0 saturated carbocycles. The van der Waals surface area contributed by atoms with E-state index in [2.05, 4.69) is 41.7 Å². The molecular weight excluding hydrogens is 412 g/mol. The fourth-order valence-electron chi connectivity index (χ4n) is 4.02. The van der Waals surface area contributed by atoms with Gasteiger partial charge in [-0.25, -0.2) is 0 Å². The summed E-state index contributed by atoms with van der Waals surface area (Å²) in [6.45, 7) is 2.45. The second-order valence-corrected chi connectivity index (χ2v) is 7.94. The Labute approximate surface area is 193 Å². The highest BCUT2D eigenvalue weighted by Gasteiger charge is 2.37. The zero-order chi connectivity index (χ0) is 23.1. The van der Waals surface area contributed by atoms with Gasteiger partial charge in [-0.3, -0.25) is 10.1 Å². The molecule has 5 nitrogen and oxygen atoms in total. The molecule has 5 heteroatoms. The summed E-state index contributed by atoms with van der Waals surface area (Å²) in [6.07, 6.45) is 0. The maximum atomic E-state index is 10.9. The standard InChI is InChI=1S/C28H26N2O3/c1-22(29-26-17-19-27(20-18-26)30(31)32)21-33-28(23-11-5-2-6-12-23,24-13-7-3-8-14-24)25-15-9-4-10-16-25/h2-20,22,29H,21H2,1H3. The lowest BCUT2D eigenvalue weighted by Gasteiger charge is -2.37. The number of rotatable bonds is 9. The highest BCUT2D eigenvalue weighted by Crippen LogP contribution is 2.40. The number of nitro benzene ring substituents is 1. The molecule has 0 aliphatic heterocycles. The first-order valence-corrected chi connectivity index (χ1v) is 10.9. The van der Waals surface area contributed by atoms with Gasteiger partial charge in [-0.15, -0.1) is 0 Å². The van der Waals surface area contributed by atoms with Gasteiger partial charge in [0.25, 0.3) is 5.69 Å². The monoisotopic (exact) mass is 438 g/mol. The van der Waals surface area contributed by atoms with E-state index in [1.54, 1.807) is 12.1 Å². The first kappa shape index (κ1) is 22.2. The van der Waals surface area contributed by atoms with Crippen LogP contribution in [-0.2, 0) is 10.3 Å². The molecule has 4 rings (SSSR count). The molecule has 0 aromatic heterocycles. The van der Waals surface area contributed by atoms with Crippen LogP contribution >= 0.6 is 0 Å². The van der Waals surface area contributed by atoms with Gasteiger partial charge in [-0.1, -0.05) is 91.0 Å². The highest BCUT2D eigenvalue weighted by molar-refractivity contribution is 5.50. The Morgan fingerprint density at radius 2 is 1.18 bits per heavy atom. The second-order valence-electron chi connectivity index (χ2n) is 7.94. The van der Waals surface area contributed by atoms with Crippen molar-refractivity contribution < 1.29 is 9.66 Å². The molecule has 1 unspecified atom stereocenters. The van der Waals surface area contributed by atoms with Crippen molar-refractivity contribution in [2.24, 2.45) is 0 Å². The van der Waals surface area contributed by atoms with E-state index >= 15 is 0 Å². The number of non-ortho nitro benzene ring substituents is 1.